The lowest BCUT2D eigenvalue weighted by molar-refractivity contribution is 0.101. The van der Waals surface area contributed by atoms with E-state index in [0.29, 0.717) is 0 Å². The number of carbonyl (C=O) groups excluding carboxylic acids is 1. The molecule has 1 amide bonds. The van der Waals surface area contributed by atoms with Gasteiger partial charge in [-0.05, 0) is 49.4 Å². The third-order valence-corrected chi connectivity index (χ3v) is 6.37. The van der Waals surface area contributed by atoms with Crippen molar-refractivity contribution in [2.45, 2.75) is 11.8 Å². The number of halogens is 2. The molecule has 0 heterocycles. The summed E-state index contributed by atoms with van der Waals surface area (Å²) in [6, 6.07) is 18.7. The van der Waals surface area contributed by atoms with Crippen LogP contribution in [0.5, 0.6) is 0 Å². The number of anilines is 1. The van der Waals surface area contributed by atoms with Gasteiger partial charge in [-0.1, -0.05) is 59.1 Å². The minimum atomic E-state index is -4.13. The average Bonchev–Trinajstić information content (AvgIpc) is 2.66. The fourth-order valence-electron chi connectivity index (χ4n) is 2.49. The molecule has 0 aliphatic rings. The number of aryl methyl sites for hydroxylation is 1. The van der Waals surface area contributed by atoms with Gasteiger partial charge in [0.2, 0.25) is 0 Å². The number of hydrogen-bond acceptors (Lipinski definition) is 3. The Morgan fingerprint density at radius 3 is 2.07 bits per heavy atom. The molecule has 4 nitrogen and oxygen atoms in total. The highest BCUT2D eigenvalue weighted by Gasteiger charge is 2.32. The second kappa shape index (κ2) is 7.72. The summed E-state index contributed by atoms with van der Waals surface area (Å²) in [5.74, 6) is -0.721. The molecule has 3 rings (SSSR count). The predicted octanol–water partition coefficient (Wildman–Crippen LogP) is 5.34. The van der Waals surface area contributed by atoms with E-state index in [1.165, 1.54) is 30.3 Å². The van der Waals surface area contributed by atoms with Crippen LogP contribution in [0.25, 0.3) is 0 Å². The topological polar surface area (TPSA) is 54.5 Å². The lowest BCUT2D eigenvalue weighted by Crippen LogP contribution is -2.37. The Morgan fingerprint density at radius 2 is 1.48 bits per heavy atom. The lowest BCUT2D eigenvalue weighted by atomic mass is 10.2. The van der Waals surface area contributed by atoms with Crippen LogP contribution in [-0.4, -0.2) is 14.3 Å². The second-order valence-corrected chi connectivity index (χ2v) is 8.45. The first-order chi connectivity index (χ1) is 12.8. The van der Waals surface area contributed by atoms with E-state index < -0.39 is 15.9 Å². The summed E-state index contributed by atoms with van der Waals surface area (Å²) >= 11 is 11.9. The number of amides is 1. The molecule has 0 atom stereocenters. The van der Waals surface area contributed by atoms with E-state index in [1.807, 2.05) is 6.92 Å². The molecular weight excluding hydrogens is 405 g/mol. The summed E-state index contributed by atoms with van der Waals surface area (Å²) in [6.45, 7) is 1.88. The molecule has 0 spiro atoms. The zero-order valence-electron chi connectivity index (χ0n) is 14.3. The van der Waals surface area contributed by atoms with Crippen LogP contribution in [0.4, 0.5) is 5.69 Å². The maximum absolute atomic E-state index is 13.2. The van der Waals surface area contributed by atoms with Crippen molar-refractivity contribution in [1.29, 1.82) is 0 Å². The Balaban J connectivity index is 2.17. The molecule has 0 saturated carbocycles. The van der Waals surface area contributed by atoms with Crippen molar-refractivity contribution in [2.24, 2.45) is 0 Å². The first-order valence-electron chi connectivity index (χ1n) is 7.97. The molecule has 27 heavy (non-hydrogen) atoms. The Bertz CT molecular complexity index is 1080. The number of rotatable bonds is 4. The maximum Gasteiger partial charge on any atom is 0.272 e. The van der Waals surface area contributed by atoms with Crippen LogP contribution >= 0.6 is 23.2 Å². The van der Waals surface area contributed by atoms with E-state index in [-0.39, 0.29) is 26.2 Å². The number of sulfonamides is 1. The van der Waals surface area contributed by atoms with Crippen molar-refractivity contribution in [3.8, 4) is 0 Å². The van der Waals surface area contributed by atoms with Crippen molar-refractivity contribution in [1.82, 2.24) is 0 Å². The van der Waals surface area contributed by atoms with Crippen LogP contribution in [0.3, 0.4) is 0 Å². The van der Waals surface area contributed by atoms with E-state index in [4.69, 9.17) is 23.2 Å². The average molecular weight is 420 g/mol. The molecule has 0 aliphatic heterocycles. The lowest BCUT2D eigenvalue weighted by Gasteiger charge is -2.23. The van der Waals surface area contributed by atoms with Crippen molar-refractivity contribution in [2.75, 3.05) is 4.31 Å². The third-order valence-electron chi connectivity index (χ3n) is 3.90. The minimum absolute atomic E-state index is 0.0129. The normalized spacial score (nSPS) is 11.2. The molecule has 0 unspecified atom stereocenters. The van der Waals surface area contributed by atoms with E-state index in [2.05, 4.69) is 0 Å². The fourth-order valence-corrected chi connectivity index (χ4v) is 4.22. The van der Waals surface area contributed by atoms with Gasteiger partial charge >= 0.3 is 0 Å². The van der Waals surface area contributed by atoms with Crippen molar-refractivity contribution in [3.05, 3.63) is 94.0 Å². The van der Waals surface area contributed by atoms with Gasteiger partial charge in [-0.3, -0.25) is 4.79 Å². The molecule has 0 N–H and O–H groups in total. The third kappa shape index (κ3) is 4.00. The van der Waals surface area contributed by atoms with Crippen LogP contribution in [0, 0.1) is 6.92 Å². The Kier molecular flexibility index (Phi) is 5.56. The van der Waals surface area contributed by atoms with E-state index >= 15 is 0 Å². The first kappa shape index (κ1) is 19.4. The van der Waals surface area contributed by atoms with Gasteiger partial charge in [-0.25, -0.2) is 8.42 Å². The molecule has 3 aromatic carbocycles. The van der Waals surface area contributed by atoms with Crippen LogP contribution in [0.2, 0.25) is 10.0 Å². The number of hydrogen-bond donors (Lipinski definition) is 0. The number of carbonyl (C=O) groups is 1. The second-order valence-electron chi connectivity index (χ2n) is 5.85. The van der Waals surface area contributed by atoms with Crippen LogP contribution in [0.1, 0.15) is 15.9 Å². The van der Waals surface area contributed by atoms with Gasteiger partial charge in [-0.15, -0.1) is 0 Å². The van der Waals surface area contributed by atoms with E-state index in [0.717, 1.165) is 9.87 Å². The molecule has 0 saturated heterocycles. The SMILES string of the molecule is Cc1ccc(N(C(=O)c2ccc(Cl)c(Cl)c2)S(=O)(=O)c2ccccc2)cc1. The first-order valence-corrected chi connectivity index (χ1v) is 10.2. The zero-order chi connectivity index (χ0) is 19.6. The molecule has 0 aromatic heterocycles. The standard InChI is InChI=1S/C20H15Cl2NO3S/c1-14-7-10-16(11-8-14)23(27(25,26)17-5-3-2-4-6-17)20(24)15-9-12-18(21)19(22)13-15/h2-13H,1H3. The van der Waals surface area contributed by atoms with Crippen LogP contribution in [-0.2, 0) is 10.0 Å². The number of nitrogens with zero attached hydrogens (tertiary/aromatic N) is 1. The summed E-state index contributed by atoms with van der Waals surface area (Å²) in [6.07, 6.45) is 0. The van der Waals surface area contributed by atoms with Crippen molar-refractivity contribution < 1.29 is 13.2 Å². The quantitative estimate of drug-likeness (QED) is 0.573. The largest absolute Gasteiger partial charge is 0.272 e. The monoisotopic (exact) mass is 419 g/mol. The highest BCUT2D eigenvalue weighted by molar-refractivity contribution is 7.93. The molecule has 0 fully saturated rings. The predicted molar refractivity (Wildman–Crippen MR) is 108 cm³/mol. The smallest absolute Gasteiger partial charge is 0.268 e. The van der Waals surface area contributed by atoms with Crippen molar-refractivity contribution in [3.63, 3.8) is 0 Å². The molecule has 138 valence electrons. The highest BCUT2D eigenvalue weighted by Crippen LogP contribution is 2.29. The summed E-state index contributed by atoms with van der Waals surface area (Å²) in [7, 11) is -4.13. The molecular formula is C20H15Cl2NO3S. The van der Waals surface area contributed by atoms with Gasteiger partial charge in [0.15, 0.2) is 0 Å². The van der Waals surface area contributed by atoms with Gasteiger partial charge in [-0.2, -0.15) is 4.31 Å². The summed E-state index contributed by atoms with van der Waals surface area (Å²) in [4.78, 5) is 13.2. The highest BCUT2D eigenvalue weighted by atomic mass is 35.5. The summed E-state index contributed by atoms with van der Waals surface area (Å²) < 4.78 is 27.2. The minimum Gasteiger partial charge on any atom is -0.268 e. The van der Waals surface area contributed by atoms with Crippen LogP contribution in [0.15, 0.2) is 77.7 Å². The molecule has 3 aromatic rings. The van der Waals surface area contributed by atoms with Gasteiger partial charge in [0.05, 0.1) is 20.6 Å². The zero-order valence-corrected chi connectivity index (χ0v) is 16.6. The fraction of sp³-hybridized carbons (Fsp3) is 0.0500. The van der Waals surface area contributed by atoms with Crippen LogP contribution < -0.4 is 4.31 Å². The summed E-state index contributed by atoms with van der Waals surface area (Å²) in [5, 5.41) is 0.449. The molecule has 7 heteroatoms. The summed E-state index contributed by atoms with van der Waals surface area (Å²) in [5.41, 5.74) is 1.29. The molecule has 0 aliphatic carbocycles. The van der Waals surface area contributed by atoms with Gasteiger partial charge in [0, 0.05) is 5.56 Å². The van der Waals surface area contributed by atoms with Crippen molar-refractivity contribution >= 4 is 44.8 Å². The maximum atomic E-state index is 13.2. The Hall–Kier alpha value is -2.34. The molecule has 0 bridgehead atoms. The van der Waals surface area contributed by atoms with E-state index in [9.17, 15) is 13.2 Å². The Labute approximate surface area is 168 Å². The van der Waals surface area contributed by atoms with Gasteiger partial charge in [0.25, 0.3) is 15.9 Å². The molecule has 0 radical (unpaired) electrons. The van der Waals surface area contributed by atoms with E-state index in [1.54, 1.807) is 42.5 Å². The number of benzene rings is 3. The van der Waals surface area contributed by atoms with Gasteiger partial charge < -0.3 is 0 Å². The Morgan fingerprint density at radius 1 is 0.852 bits per heavy atom. The van der Waals surface area contributed by atoms with Gasteiger partial charge in [0.1, 0.15) is 0 Å².